The minimum atomic E-state index is -0.491. The Bertz CT molecular complexity index is 196. The largest absolute Gasteiger partial charge is 0.459 e. The molecule has 4 nitrogen and oxygen atoms in total. The fourth-order valence-corrected chi connectivity index (χ4v) is 0.574. The third-order valence-electron chi connectivity index (χ3n) is 0.902. The first-order chi connectivity index (χ1) is 8.72. The minimum Gasteiger partial charge on any atom is -0.459 e. The second-order valence-corrected chi connectivity index (χ2v) is 4.20. The molecule has 1 N–H and O–H groups in total. The summed E-state index contributed by atoms with van der Waals surface area (Å²) in [6.45, 7) is 18.9. The van der Waals surface area contributed by atoms with Crippen LogP contribution in [0.1, 0.15) is 75.7 Å². The lowest BCUT2D eigenvalue weighted by molar-refractivity contribution is -0.154. The van der Waals surface area contributed by atoms with Crippen molar-refractivity contribution >= 4 is 11.9 Å². The zero-order chi connectivity index (χ0) is 16.5. The smallest absolute Gasteiger partial charge is 0.325 e. The number of hydrogen-bond acceptors (Lipinski definition) is 3. The predicted molar refractivity (Wildman–Crippen MR) is 83.2 cm³/mol. The molecule has 118 valence electrons. The van der Waals surface area contributed by atoms with Crippen LogP contribution in [0.15, 0.2) is 0 Å². The molecule has 1 amide bonds. The zero-order valence-corrected chi connectivity index (χ0v) is 14.6. The Morgan fingerprint density at radius 3 is 1.53 bits per heavy atom. The van der Waals surface area contributed by atoms with E-state index >= 15 is 0 Å². The van der Waals surface area contributed by atoms with Gasteiger partial charge in [-0.2, -0.15) is 0 Å². The van der Waals surface area contributed by atoms with E-state index in [1.165, 1.54) is 13.3 Å². The summed E-state index contributed by atoms with van der Waals surface area (Å²) in [6.07, 6.45) is 1.25. The highest BCUT2D eigenvalue weighted by Crippen LogP contribution is 2.05. The molecule has 0 aliphatic rings. The maximum Gasteiger partial charge on any atom is 0.325 e. The molecule has 0 heterocycles. The van der Waals surface area contributed by atoms with E-state index in [0.29, 0.717) is 0 Å². The number of nitrogens with one attached hydrogen (secondary N) is 1. The van der Waals surface area contributed by atoms with Crippen LogP contribution in [0.3, 0.4) is 0 Å². The van der Waals surface area contributed by atoms with E-state index in [9.17, 15) is 9.59 Å². The molecule has 0 saturated carbocycles. The van der Waals surface area contributed by atoms with Crippen molar-refractivity contribution < 1.29 is 14.3 Å². The fourth-order valence-electron chi connectivity index (χ4n) is 0.574. The van der Waals surface area contributed by atoms with E-state index in [0.717, 1.165) is 0 Å². The van der Waals surface area contributed by atoms with Gasteiger partial charge in [0.1, 0.15) is 12.1 Å². The van der Waals surface area contributed by atoms with Crippen molar-refractivity contribution in [2.24, 2.45) is 0 Å². The Morgan fingerprint density at radius 1 is 1.00 bits per heavy atom. The molecule has 4 heteroatoms. The van der Waals surface area contributed by atoms with Crippen LogP contribution >= 0.6 is 0 Å². The van der Waals surface area contributed by atoms with E-state index in [1.807, 2.05) is 27.7 Å². The number of amides is 1. The summed E-state index contributed by atoms with van der Waals surface area (Å²) < 4.78 is 4.93. The van der Waals surface area contributed by atoms with Gasteiger partial charge in [0, 0.05) is 6.92 Å². The molecule has 0 rings (SSSR count). The molecule has 0 spiro atoms. The SMILES string of the molecule is CC.CC.CC(=O)NCC(=O)OC(C)(C)C.CCC. The molecular formula is C15H35NO3. The van der Waals surface area contributed by atoms with Gasteiger partial charge in [-0.05, 0) is 20.8 Å². The predicted octanol–water partition coefficient (Wildman–Crippen LogP) is 3.93. The summed E-state index contributed by atoms with van der Waals surface area (Å²) >= 11 is 0. The van der Waals surface area contributed by atoms with Crippen molar-refractivity contribution in [2.45, 2.75) is 81.3 Å². The van der Waals surface area contributed by atoms with Crippen LogP contribution in [0.2, 0.25) is 0 Å². The number of carbonyl (C=O) groups is 2. The molecule has 0 fully saturated rings. The van der Waals surface area contributed by atoms with Crippen LogP contribution < -0.4 is 5.32 Å². The standard InChI is InChI=1S/C8H15NO3.C3H8.2C2H6/c1-6(10)9-5-7(11)12-8(2,3)4;1-3-2;2*1-2/h5H2,1-4H3,(H,9,10);3H2,1-2H3;2*1-2H3. The van der Waals surface area contributed by atoms with Crippen LogP contribution in [-0.4, -0.2) is 24.0 Å². The Labute approximate surface area is 120 Å². The van der Waals surface area contributed by atoms with Crippen molar-refractivity contribution in [2.75, 3.05) is 6.54 Å². The van der Waals surface area contributed by atoms with Gasteiger partial charge in [-0.3, -0.25) is 9.59 Å². The number of hydrogen-bond donors (Lipinski definition) is 1. The van der Waals surface area contributed by atoms with E-state index in [4.69, 9.17) is 4.74 Å². The Hall–Kier alpha value is -1.06. The second-order valence-electron chi connectivity index (χ2n) is 4.20. The zero-order valence-electron chi connectivity index (χ0n) is 14.6. The molecule has 0 saturated heterocycles. The lowest BCUT2D eigenvalue weighted by atomic mass is 10.2. The first-order valence-electron chi connectivity index (χ1n) is 7.19. The first kappa shape index (κ1) is 26.5. The first-order valence-corrected chi connectivity index (χ1v) is 7.19. The summed E-state index contributed by atoms with van der Waals surface area (Å²) in [5, 5.41) is 2.35. The van der Waals surface area contributed by atoms with Crippen molar-refractivity contribution in [1.29, 1.82) is 0 Å². The summed E-state index contributed by atoms with van der Waals surface area (Å²) in [5.41, 5.74) is -0.491. The van der Waals surface area contributed by atoms with Crippen LogP contribution in [0.25, 0.3) is 0 Å². The lowest BCUT2D eigenvalue weighted by Gasteiger charge is -2.19. The molecule has 0 unspecified atom stereocenters. The third kappa shape index (κ3) is 47.3. The summed E-state index contributed by atoms with van der Waals surface area (Å²) in [7, 11) is 0. The van der Waals surface area contributed by atoms with Crippen LogP contribution in [0.4, 0.5) is 0 Å². The highest BCUT2D eigenvalue weighted by molar-refractivity contribution is 5.80. The Balaban J connectivity index is -0.000000136. The fraction of sp³-hybridized carbons (Fsp3) is 0.867. The third-order valence-corrected chi connectivity index (χ3v) is 0.902. The number of carbonyl (C=O) groups excluding carboxylic acids is 2. The molecule has 0 bridgehead atoms. The van der Waals surface area contributed by atoms with E-state index < -0.39 is 11.6 Å². The molecule has 0 aromatic heterocycles. The number of ether oxygens (including phenoxy) is 1. The molecule has 0 atom stereocenters. The average Bonchev–Trinajstić information content (AvgIpc) is 2.31. The van der Waals surface area contributed by atoms with Crippen molar-refractivity contribution in [1.82, 2.24) is 5.32 Å². The Morgan fingerprint density at radius 2 is 1.32 bits per heavy atom. The van der Waals surface area contributed by atoms with E-state index in [1.54, 1.807) is 20.8 Å². The molecule has 0 aromatic rings. The van der Waals surface area contributed by atoms with Gasteiger partial charge >= 0.3 is 5.97 Å². The number of rotatable bonds is 2. The highest BCUT2D eigenvalue weighted by Gasteiger charge is 2.15. The van der Waals surface area contributed by atoms with Crippen LogP contribution in [-0.2, 0) is 14.3 Å². The van der Waals surface area contributed by atoms with Gasteiger partial charge in [0.15, 0.2) is 0 Å². The maximum absolute atomic E-state index is 10.9. The van der Waals surface area contributed by atoms with Crippen molar-refractivity contribution in [3.63, 3.8) is 0 Å². The highest BCUT2D eigenvalue weighted by atomic mass is 16.6. The summed E-state index contributed by atoms with van der Waals surface area (Å²) in [6, 6.07) is 0. The quantitative estimate of drug-likeness (QED) is 0.778. The van der Waals surface area contributed by atoms with Gasteiger partial charge in [0.25, 0.3) is 0 Å². The van der Waals surface area contributed by atoms with Gasteiger partial charge in [-0.25, -0.2) is 0 Å². The topological polar surface area (TPSA) is 55.4 Å². The van der Waals surface area contributed by atoms with E-state index in [-0.39, 0.29) is 12.5 Å². The summed E-state index contributed by atoms with van der Waals surface area (Å²) in [5.74, 6) is -0.654. The lowest BCUT2D eigenvalue weighted by Crippen LogP contribution is -2.33. The van der Waals surface area contributed by atoms with Crippen molar-refractivity contribution in [3.05, 3.63) is 0 Å². The molecule has 0 aromatic carbocycles. The van der Waals surface area contributed by atoms with Gasteiger partial charge in [0.05, 0.1) is 0 Å². The monoisotopic (exact) mass is 277 g/mol. The number of esters is 1. The second kappa shape index (κ2) is 19.3. The van der Waals surface area contributed by atoms with Crippen LogP contribution in [0.5, 0.6) is 0 Å². The molecule has 0 aliphatic carbocycles. The molecule has 0 radical (unpaired) electrons. The van der Waals surface area contributed by atoms with Gasteiger partial charge in [-0.15, -0.1) is 0 Å². The van der Waals surface area contributed by atoms with Gasteiger partial charge < -0.3 is 10.1 Å². The Kier molecular flexibility index (Phi) is 26.9. The molecular weight excluding hydrogens is 242 g/mol. The normalized spacial score (nSPS) is 8.32. The molecule has 19 heavy (non-hydrogen) atoms. The molecule has 0 aliphatic heterocycles. The maximum atomic E-state index is 10.9. The van der Waals surface area contributed by atoms with Crippen LogP contribution in [0, 0.1) is 0 Å². The van der Waals surface area contributed by atoms with Gasteiger partial charge in [-0.1, -0.05) is 48.0 Å². The minimum absolute atomic E-state index is 0.0629. The van der Waals surface area contributed by atoms with Gasteiger partial charge in [0.2, 0.25) is 5.91 Å². The van der Waals surface area contributed by atoms with Crippen molar-refractivity contribution in [3.8, 4) is 0 Å². The van der Waals surface area contributed by atoms with E-state index in [2.05, 4.69) is 19.2 Å². The average molecular weight is 277 g/mol. The summed E-state index contributed by atoms with van der Waals surface area (Å²) in [4.78, 5) is 21.3.